The predicted octanol–water partition coefficient (Wildman–Crippen LogP) is 0.589. The minimum absolute atomic E-state index is 0.372. The first kappa shape index (κ1) is 23.8. The van der Waals surface area contributed by atoms with Crippen LogP contribution in [0.2, 0.25) is 0 Å². The van der Waals surface area contributed by atoms with Crippen molar-refractivity contribution >= 4 is 13.7 Å². The van der Waals surface area contributed by atoms with Gasteiger partial charge in [0.1, 0.15) is 18.2 Å². The number of hydrogen-bond acceptors (Lipinski definition) is 9. The van der Waals surface area contributed by atoms with Gasteiger partial charge in [0.2, 0.25) is 0 Å². The van der Waals surface area contributed by atoms with Gasteiger partial charge in [-0.3, -0.25) is 28.2 Å². The summed E-state index contributed by atoms with van der Waals surface area (Å²) in [7, 11) is -4.03. The Kier molecular flexibility index (Phi) is 6.84. The summed E-state index contributed by atoms with van der Waals surface area (Å²) < 4.78 is 55.9. The standard InChI is InChI=1S/C17H25FN3O9P/c1-9(2)29-14(23)10(3)20-31(25)27-7-11-13(26-8-28-31)17(4,18)15(30-11)21-6-5-12(22)19-16(21)24/h5-6,9-11,13,15H,7-8H2,1-4H3,(H,20,25)(H,19,22,24)/t10-,11+,13-,15?,17?,31?/m0/s1. The Hall–Kier alpha value is -1.89. The molecule has 0 amide bonds. The number of halogens is 1. The fourth-order valence-corrected chi connectivity index (χ4v) is 4.65. The van der Waals surface area contributed by atoms with Crippen LogP contribution in [0.4, 0.5) is 4.39 Å². The lowest BCUT2D eigenvalue weighted by atomic mass is 9.98. The average molecular weight is 465 g/mol. The smallest absolute Gasteiger partial charge is 0.408 e. The van der Waals surface area contributed by atoms with Gasteiger partial charge in [0.25, 0.3) is 5.56 Å². The molecule has 2 fully saturated rings. The van der Waals surface area contributed by atoms with Crippen molar-refractivity contribution in [2.75, 3.05) is 13.4 Å². The van der Waals surface area contributed by atoms with Gasteiger partial charge in [-0.05, 0) is 27.7 Å². The molecule has 0 aromatic carbocycles. The number of alkyl halides is 1. The number of ether oxygens (including phenoxy) is 3. The molecule has 3 heterocycles. The van der Waals surface area contributed by atoms with E-state index >= 15 is 4.39 Å². The minimum atomic E-state index is -4.03. The fraction of sp³-hybridized carbons (Fsp3) is 0.706. The van der Waals surface area contributed by atoms with Crippen molar-refractivity contribution in [2.24, 2.45) is 0 Å². The van der Waals surface area contributed by atoms with E-state index in [1.165, 1.54) is 13.8 Å². The maximum Gasteiger partial charge on any atom is 0.408 e. The SMILES string of the molecule is CC(C)OC(=O)[C@H](C)NP1(=O)OCO[C@H]2[C@@H](CO1)OC(n1ccc(=O)[nH]c1=O)C2(C)F. The number of esters is 1. The maximum absolute atomic E-state index is 15.6. The summed E-state index contributed by atoms with van der Waals surface area (Å²) in [4.78, 5) is 37.4. The maximum atomic E-state index is 15.6. The molecule has 2 aliphatic heterocycles. The van der Waals surface area contributed by atoms with Crippen molar-refractivity contribution in [3.8, 4) is 0 Å². The molecule has 0 radical (unpaired) electrons. The normalized spacial score (nSPS) is 34.6. The number of nitrogens with one attached hydrogen (secondary N) is 2. The molecule has 2 aliphatic rings. The third-order valence-corrected chi connectivity index (χ3v) is 6.36. The van der Waals surface area contributed by atoms with Crippen molar-refractivity contribution in [2.45, 2.75) is 63.9 Å². The molecular weight excluding hydrogens is 440 g/mol. The topological polar surface area (TPSA) is 147 Å². The van der Waals surface area contributed by atoms with Crippen LogP contribution in [0.25, 0.3) is 0 Å². The minimum Gasteiger partial charge on any atom is -0.462 e. The van der Waals surface area contributed by atoms with Gasteiger partial charge < -0.3 is 14.2 Å². The second kappa shape index (κ2) is 8.93. The van der Waals surface area contributed by atoms with Crippen molar-refractivity contribution in [3.05, 3.63) is 33.1 Å². The number of carbonyl (C=O) groups excluding carboxylic acids is 1. The molecule has 31 heavy (non-hydrogen) atoms. The molecular formula is C17H25FN3O9P. The van der Waals surface area contributed by atoms with E-state index in [9.17, 15) is 18.9 Å². The molecule has 2 saturated heterocycles. The largest absolute Gasteiger partial charge is 0.462 e. The van der Waals surface area contributed by atoms with Crippen LogP contribution >= 0.6 is 7.75 Å². The van der Waals surface area contributed by atoms with E-state index in [0.29, 0.717) is 0 Å². The first-order valence-corrected chi connectivity index (χ1v) is 11.1. The van der Waals surface area contributed by atoms with Crippen molar-refractivity contribution in [1.29, 1.82) is 0 Å². The molecule has 2 N–H and O–H groups in total. The Morgan fingerprint density at radius 2 is 2.10 bits per heavy atom. The van der Waals surface area contributed by atoms with Gasteiger partial charge in [0.15, 0.2) is 18.7 Å². The lowest BCUT2D eigenvalue weighted by Crippen LogP contribution is -2.46. The zero-order valence-electron chi connectivity index (χ0n) is 17.4. The van der Waals surface area contributed by atoms with Crippen LogP contribution in [0, 0.1) is 0 Å². The van der Waals surface area contributed by atoms with Gasteiger partial charge in [0.05, 0.1) is 12.7 Å². The molecule has 174 valence electrons. The number of fused-ring (bicyclic) bond motifs is 1. The molecule has 1 aromatic heterocycles. The number of aromatic amines is 1. The van der Waals surface area contributed by atoms with E-state index in [4.69, 9.17) is 23.3 Å². The third kappa shape index (κ3) is 5.13. The molecule has 1 aromatic rings. The summed E-state index contributed by atoms with van der Waals surface area (Å²) in [6.45, 7) is 4.87. The number of nitrogens with zero attached hydrogens (tertiary/aromatic N) is 1. The van der Waals surface area contributed by atoms with Gasteiger partial charge in [-0.2, -0.15) is 0 Å². The number of H-pyrrole nitrogens is 1. The van der Waals surface area contributed by atoms with Crippen LogP contribution in [0.1, 0.15) is 33.9 Å². The molecule has 12 nitrogen and oxygen atoms in total. The summed E-state index contributed by atoms with van der Waals surface area (Å²) in [6.07, 6.45) is -3.00. The van der Waals surface area contributed by atoms with E-state index in [2.05, 4.69) is 5.09 Å². The van der Waals surface area contributed by atoms with Gasteiger partial charge in [-0.25, -0.2) is 18.8 Å². The van der Waals surface area contributed by atoms with Crippen molar-refractivity contribution in [1.82, 2.24) is 14.6 Å². The van der Waals surface area contributed by atoms with E-state index < -0.39 is 68.5 Å². The zero-order valence-corrected chi connectivity index (χ0v) is 18.3. The average Bonchev–Trinajstić information content (AvgIpc) is 2.88. The lowest BCUT2D eigenvalue weighted by Gasteiger charge is -2.31. The molecule has 0 spiro atoms. The molecule has 3 rings (SSSR count). The van der Waals surface area contributed by atoms with Crippen LogP contribution in [0.15, 0.2) is 21.9 Å². The monoisotopic (exact) mass is 465 g/mol. The van der Waals surface area contributed by atoms with Crippen LogP contribution in [0.3, 0.4) is 0 Å². The number of aromatic nitrogens is 2. The summed E-state index contributed by atoms with van der Waals surface area (Å²) >= 11 is 0. The number of carbonyl (C=O) groups is 1. The van der Waals surface area contributed by atoms with E-state index in [1.54, 1.807) is 13.8 Å². The Morgan fingerprint density at radius 3 is 2.74 bits per heavy atom. The zero-order chi connectivity index (χ0) is 23.0. The molecule has 0 saturated carbocycles. The Labute approximate surface area is 176 Å². The second-order valence-corrected chi connectivity index (χ2v) is 9.43. The summed E-state index contributed by atoms with van der Waals surface area (Å²) in [5.74, 6) is -0.663. The van der Waals surface area contributed by atoms with Gasteiger partial charge >= 0.3 is 19.4 Å². The highest BCUT2D eigenvalue weighted by Crippen LogP contribution is 2.49. The van der Waals surface area contributed by atoms with Crippen LogP contribution < -0.4 is 16.3 Å². The predicted molar refractivity (Wildman–Crippen MR) is 103 cm³/mol. The number of rotatable bonds is 5. The molecule has 3 unspecified atom stereocenters. The Morgan fingerprint density at radius 1 is 1.39 bits per heavy atom. The summed E-state index contributed by atoms with van der Waals surface area (Å²) in [5.41, 5.74) is -3.73. The van der Waals surface area contributed by atoms with Gasteiger partial charge in [-0.15, -0.1) is 0 Å². The van der Waals surface area contributed by atoms with Crippen molar-refractivity contribution < 1.29 is 37.0 Å². The molecule has 6 atom stereocenters. The highest BCUT2D eigenvalue weighted by atomic mass is 31.2. The lowest BCUT2D eigenvalue weighted by molar-refractivity contribution is -0.149. The first-order valence-electron chi connectivity index (χ1n) is 9.58. The number of hydrogen-bond donors (Lipinski definition) is 2. The molecule has 0 aliphatic carbocycles. The fourth-order valence-electron chi connectivity index (χ4n) is 3.30. The highest BCUT2D eigenvalue weighted by Gasteiger charge is 2.58. The molecule has 0 bridgehead atoms. The van der Waals surface area contributed by atoms with Gasteiger partial charge in [-0.1, -0.05) is 0 Å². The Balaban J connectivity index is 1.75. The second-order valence-electron chi connectivity index (χ2n) is 7.66. The quantitative estimate of drug-likeness (QED) is 0.468. The van der Waals surface area contributed by atoms with E-state index in [-0.39, 0.29) is 6.10 Å². The van der Waals surface area contributed by atoms with Crippen LogP contribution in [0.5, 0.6) is 0 Å². The van der Waals surface area contributed by atoms with E-state index in [0.717, 1.165) is 16.8 Å². The summed E-state index contributed by atoms with van der Waals surface area (Å²) in [6, 6.07) is 0.0316. The summed E-state index contributed by atoms with van der Waals surface area (Å²) in [5, 5.41) is 2.44. The van der Waals surface area contributed by atoms with Crippen LogP contribution in [-0.4, -0.2) is 58.9 Å². The Bertz CT molecular complexity index is 978. The third-order valence-electron chi connectivity index (χ3n) is 4.72. The van der Waals surface area contributed by atoms with Crippen molar-refractivity contribution in [3.63, 3.8) is 0 Å². The van der Waals surface area contributed by atoms with Gasteiger partial charge in [0, 0.05) is 12.3 Å². The first-order chi connectivity index (χ1) is 14.4. The molecule has 14 heteroatoms. The van der Waals surface area contributed by atoms with E-state index in [1.807, 2.05) is 4.98 Å². The van der Waals surface area contributed by atoms with Crippen LogP contribution in [-0.2, 0) is 32.6 Å². The highest BCUT2D eigenvalue weighted by molar-refractivity contribution is 7.51.